The maximum absolute atomic E-state index is 13.5. The zero-order valence-corrected chi connectivity index (χ0v) is 22.0. The number of nitrogens with zero attached hydrogens (tertiary/aromatic N) is 1. The Morgan fingerprint density at radius 2 is 1.36 bits per heavy atom. The Morgan fingerprint density at radius 3 is 1.92 bits per heavy atom. The smallest absolute Gasteiger partial charge is 0.262 e. The summed E-state index contributed by atoms with van der Waals surface area (Å²) in [7, 11) is 0. The summed E-state index contributed by atoms with van der Waals surface area (Å²) in [5, 5.41) is 11.5. The lowest BCUT2D eigenvalue weighted by molar-refractivity contribution is -0.297. The number of fused-ring (bicyclic) bond motifs is 1. The van der Waals surface area contributed by atoms with E-state index in [-0.39, 0.29) is 19.3 Å². The lowest BCUT2D eigenvalue weighted by atomic mass is 9.95. The molecule has 0 saturated carbocycles. The van der Waals surface area contributed by atoms with Crippen LogP contribution in [0.4, 0.5) is 0 Å². The molecule has 1 N–H and O–H groups in total. The second-order valence-corrected chi connectivity index (χ2v) is 10.00. The average molecular weight is 532 g/mol. The molecule has 0 aromatic heterocycles. The van der Waals surface area contributed by atoms with E-state index in [1.54, 1.807) is 24.3 Å². The zero-order chi connectivity index (χ0) is 27.4. The molecule has 3 aromatic rings. The summed E-state index contributed by atoms with van der Waals surface area (Å²) in [5.41, 5.74) is 2.47. The highest BCUT2D eigenvalue weighted by Gasteiger charge is 2.54. The van der Waals surface area contributed by atoms with Crippen LogP contribution >= 0.6 is 0 Å². The van der Waals surface area contributed by atoms with E-state index in [9.17, 15) is 14.7 Å². The van der Waals surface area contributed by atoms with E-state index in [1.165, 1.54) is 0 Å². The predicted octanol–water partition coefficient (Wildman–Crippen LogP) is 3.96. The highest BCUT2D eigenvalue weighted by molar-refractivity contribution is 6.21. The SMILES string of the molecule is CC(C)O[C@@H]1O[C@H](COCc2ccccc2)[C@@H](O)[C@H](OCc2ccccc2)[C@H]1N1C(=O)c2ccccc2C1=O. The third-order valence-electron chi connectivity index (χ3n) is 6.85. The molecule has 8 nitrogen and oxygen atoms in total. The first-order valence-electron chi connectivity index (χ1n) is 13.2. The van der Waals surface area contributed by atoms with Crippen molar-refractivity contribution in [3.05, 3.63) is 107 Å². The number of aliphatic hydroxyl groups is 1. The first-order chi connectivity index (χ1) is 18.9. The van der Waals surface area contributed by atoms with Gasteiger partial charge >= 0.3 is 0 Å². The van der Waals surface area contributed by atoms with Crippen molar-refractivity contribution in [1.29, 1.82) is 0 Å². The predicted molar refractivity (Wildman–Crippen MR) is 143 cm³/mol. The summed E-state index contributed by atoms with van der Waals surface area (Å²) in [6, 6.07) is 24.8. The molecule has 0 radical (unpaired) electrons. The Kier molecular flexibility index (Phi) is 8.50. The number of rotatable bonds is 10. The Bertz CT molecular complexity index is 1230. The van der Waals surface area contributed by atoms with E-state index in [2.05, 4.69) is 0 Å². The fraction of sp³-hybridized carbons (Fsp3) is 0.355. The van der Waals surface area contributed by atoms with Gasteiger partial charge in [0.1, 0.15) is 24.4 Å². The van der Waals surface area contributed by atoms with Crippen molar-refractivity contribution in [2.45, 2.75) is 63.8 Å². The van der Waals surface area contributed by atoms with Crippen LogP contribution in [-0.2, 0) is 32.2 Å². The van der Waals surface area contributed by atoms with Gasteiger partial charge in [0.15, 0.2) is 6.29 Å². The molecule has 1 fully saturated rings. The van der Waals surface area contributed by atoms with Gasteiger partial charge < -0.3 is 24.1 Å². The van der Waals surface area contributed by atoms with Gasteiger partial charge in [0.05, 0.1) is 37.1 Å². The van der Waals surface area contributed by atoms with Crippen LogP contribution in [0.5, 0.6) is 0 Å². The molecule has 2 aliphatic rings. The van der Waals surface area contributed by atoms with Crippen LogP contribution in [0.3, 0.4) is 0 Å². The monoisotopic (exact) mass is 531 g/mol. The Hall–Kier alpha value is -3.40. The van der Waals surface area contributed by atoms with Crippen LogP contribution in [-0.4, -0.2) is 65.2 Å². The molecule has 0 unspecified atom stereocenters. The molecule has 39 heavy (non-hydrogen) atoms. The minimum Gasteiger partial charge on any atom is -0.388 e. The van der Waals surface area contributed by atoms with Gasteiger partial charge in [-0.15, -0.1) is 0 Å². The van der Waals surface area contributed by atoms with Gasteiger partial charge in [-0.25, -0.2) is 0 Å². The second kappa shape index (κ2) is 12.2. The fourth-order valence-corrected chi connectivity index (χ4v) is 5.00. The van der Waals surface area contributed by atoms with Gasteiger partial charge in [-0.1, -0.05) is 72.8 Å². The van der Waals surface area contributed by atoms with Crippen molar-refractivity contribution in [2.75, 3.05) is 6.61 Å². The normalized spacial score (nSPS) is 24.8. The maximum Gasteiger partial charge on any atom is 0.262 e. The standard InChI is InChI=1S/C31H33NO7/c1-20(2)38-31-26(32-29(34)23-15-9-10-16-24(23)30(32)35)28(37-18-22-13-7-4-8-14-22)27(33)25(39-31)19-36-17-21-11-5-3-6-12-21/h3-16,20,25-28,31,33H,17-19H2,1-2H3/t25-,26-,27-,28-,31-/m1/s1. The van der Waals surface area contributed by atoms with Crippen LogP contribution in [0.1, 0.15) is 45.7 Å². The van der Waals surface area contributed by atoms with Crippen LogP contribution < -0.4 is 0 Å². The Balaban J connectivity index is 1.43. The van der Waals surface area contributed by atoms with Crippen LogP contribution in [0.15, 0.2) is 84.9 Å². The molecular formula is C31H33NO7. The molecule has 5 atom stereocenters. The molecular weight excluding hydrogens is 498 g/mol. The lowest BCUT2D eigenvalue weighted by Crippen LogP contribution is -2.66. The number of ether oxygens (including phenoxy) is 4. The van der Waals surface area contributed by atoms with E-state index >= 15 is 0 Å². The average Bonchev–Trinajstić information content (AvgIpc) is 3.19. The number of hydrogen-bond donors (Lipinski definition) is 1. The van der Waals surface area contributed by atoms with E-state index in [0.717, 1.165) is 16.0 Å². The highest BCUT2D eigenvalue weighted by atomic mass is 16.7. The minimum absolute atomic E-state index is 0.0635. The maximum atomic E-state index is 13.5. The topological polar surface area (TPSA) is 94.5 Å². The van der Waals surface area contributed by atoms with Crippen molar-refractivity contribution in [1.82, 2.24) is 4.90 Å². The van der Waals surface area contributed by atoms with Crippen molar-refractivity contribution >= 4 is 11.8 Å². The molecule has 3 aromatic carbocycles. The molecule has 0 bridgehead atoms. The number of aliphatic hydroxyl groups excluding tert-OH is 1. The molecule has 0 aliphatic carbocycles. The number of benzene rings is 3. The second-order valence-electron chi connectivity index (χ2n) is 10.00. The summed E-state index contributed by atoms with van der Waals surface area (Å²) >= 11 is 0. The molecule has 204 valence electrons. The summed E-state index contributed by atoms with van der Waals surface area (Å²) in [5.74, 6) is -0.943. The van der Waals surface area contributed by atoms with Gasteiger partial charge in [0.2, 0.25) is 0 Å². The third-order valence-corrected chi connectivity index (χ3v) is 6.85. The van der Waals surface area contributed by atoms with Gasteiger partial charge in [-0.3, -0.25) is 14.5 Å². The largest absolute Gasteiger partial charge is 0.388 e. The Labute approximate surface area is 228 Å². The van der Waals surface area contributed by atoms with Crippen LogP contribution in [0, 0.1) is 0 Å². The van der Waals surface area contributed by atoms with E-state index < -0.39 is 42.5 Å². The molecule has 2 heterocycles. The third kappa shape index (κ3) is 5.95. The molecule has 0 spiro atoms. The summed E-state index contributed by atoms with van der Waals surface area (Å²) in [6.45, 7) is 4.24. The van der Waals surface area contributed by atoms with Crippen LogP contribution in [0.25, 0.3) is 0 Å². The van der Waals surface area contributed by atoms with Crippen molar-refractivity contribution in [2.24, 2.45) is 0 Å². The van der Waals surface area contributed by atoms with E-state index in [4.69, 9.17) is 18.9 Å². The fourth-order valence-electron chi connectivity index (χ4n) is 5.00. The molecule has 2 aliphatic heterocycles. The lowest BCUT2D eigenvalue weighted by Gasteiger charge is -2.47. The van der Waals surface area contributed by atoms with E-state index in [0.29, 0.717) is 17.7 Å². The molecule has 1 saturated heterocycles. The number of imide groups is 1. The molecule has 8 heteroatoms. The summed E-state index contributed by atoms with van der Waals surface area (Å²) in [4.78, 5) is 28.1. The van der Waals surface area contributed by atoms with Crippen molar-refractivity contribution in [3.8, 4) is 0 Å². The van der Waals surface area contributed by atoms with Gasteiger partial charge in [0, 0.05) is 0 Å². The quantitative estimate of drug-likeness (QED) is 0.396. The summed E-state index contributed by atoms with van der Waals surface area (Å²) < 4.78 is 24.6. The van der Waals surface area contributed by atoms with Crippen LogP contribution in [0.2, 0.25) is 0 Å². The van der Waals surface area contributed by atoms with Gasteiger partial charge in [-0.05, 0) is 37.1 Å². The minimum atomic E-state index is -1.20. The van der Waals surface area contributed by atoms with E-state index in [1.807, 2.05) is 74.5 Å². The number of carbonyl (C=O) groups excluding carboxylic acids is 2. The molecule has 5 rings (SSSR count). The zero-order valence-electron chi connectivity index (χ0n) is 22.0. The highest BCUT2D eigenvalue weighted by Crippen LogP contribution is 2.35. The number of carbonyl (C=O) groups is 2. The Morgan fingerprint density at radius 1 is 0.821 bits per heavy atom. The molecule has 2 amide bonds. The van der Waals surface area contributed by atoms with Crippen molar-refractivity contribution < 1.29 is 33.6 Å². The number of hydrogen-bond acceptors (Lipinski definition) is 7. The first-order valence-corrected chi connectivity index (χ1v) is 13.2. The van der Waals surface area contributed by atoms with Gasteiger partial charge in [0.25, 0.3) is 11.8 Å². The van der Waals surface area contributed by atoms with Crippen molar-refractivity contribution in [3.63, 3.8) is 0 Å². The summed E-state index contributed by atoms with van der Waals surface area (Å²) in [6.07, 6.45) is -4.34. The first kappa shape index (κ1) is 27.2. The van der Waals surface area contributed by atoms with Gasteiger partial charge in [-0.2, -0.15) is 0 Å². The number of amides is 2.